The molecule has 0 radical (unpaired) electrons. The van der Waals surface area contributed by atoms with Crippen LogP contribution in [0.4, 0.5) is 0 Å². The molecule has 3 heterocycles. The van der Waals surface area contributed by atoms with Gasteiger partial charge in [0.05, 0.1) is 31.7 Å². The number of fused-ring (bicyclic) bond motifs is 1. The normalized spacial score (nSPS) is 22.3. The Bertz CT molecular complexity index is 994. The zero-order valence-corrected chi connectivity index (χ0v) is 17.7. The van der Waals surface area contributed by atoms with Gasteiger partial charge in [0.1, 0.15) is 0 Å². The van der Waals surface area contributed by atoms with E-state index in [1.165, 1.54) is 0 Å². The van der Waals surface area contributed by atoms with Crippen LogP contribution in [0.15, 0.2) is 48.8 Å². The molecule has 2 aromatic rings. The predicted molar refractivity (Wildman–Crippen MR) is 117 cm³/mol. The zero-order valence-electron chi connectivity index (χ0n) is 17.7. The van der Waals surface area contributed by atoms with Crippen LogP contribution < -0.4 is 0 Å². The molecule has 2 fully saturated rings. The summed E-state index contributed by atoms with van der Waals surface area (Å²) in [4.78, 5) is 33.0. The van der Waals surface area contributed by atoms with Crippen LogP contribution in [0.1, 0.15) is 42.4 Å². The standard InChI is InChI=1S/C25H27N3O3/c1-2-3-4-6-18-8-10-20(11-9-18)25-21-15-27(16-24(31)28(21)22(25)17-29)23(30)13-19-7-5-12-26-14-19/h5,7-12,14,21-22,25,29H,2-3,13,15-17H2,1H3/t21-,22-,25-/m1/s1. The van der Waals surface area contributed by atoms with Crippen LogP contribution in [0.5, 0.6) is 0 Å². The smallest absolute Gasteiger partial charge is 0.242 e. The van der Waals surface area contributed by atoms with Gasteiger partial charge in [0.2, 0.25) is 11.8 Å². The number of aliphatic hydroxyl groups excluding tert-OH is 1. The van der Waals surface area contributed by atoms with Gasteiger partial charge in [0.15, 0.2) is 0 Å². The number of carbonyl (C=O) groups is 2. The lowest BCUT2D eigenvalue weighted by molar-refractivity contribution is -0.166. The van der Waals surface area contributed by atoms with Crippen molar-refractivity contribution in [3.63, 3.8) is 0 Å². The number of unbranched alkanes of at least 4 members (excludes halogenated alkanes) is 1. The van der Waals surface area contributed by atoms with Crippen molar-refractivity contribution >= 4 is 11.8 Å². The highest BCUT2D eigenvalue weighted by atomic mass is 16.3. The van der Waals surface area contributed by atoms with Crippen molar-refractivity contribution in [3.8, 4) is 11.8 Å². The SMILES string of the molecule is CCCC#Cc1ccc([C@H]2[C@@H](CO)N3C(=O)CN(C(=O)Cc4cccnc4)C[C@H]23)cc1. The van der Waals surface area contributed by atoms with E-state index >= 15 is 0 Å². The predicted octanol–water partition coefficient (Wildman–Crippen LogP) is 1.97. The number of aliphatic hydroxyl groups is 1. The summed E-state index contributed by atoms with van der Waals surface area (Å²) in [6, 6.07) is 11.3. The third kappa shape index (κ3) is 4.33. The van der Waals surface area contributed by atoms with Crippen molar-refractivity contribution in [1.82, 2.24) is 14.8 Å². The van der Waals surface area contributed by atoms with E-state index in [0.717, 1.165) is 29.5 Å². The molecule has 2 aliphatic rings. The topological polar surface area (TPSA) is 73.7 Å². The van der Waals surface area contributed by atoms with Gasteiger partial charge in [-0.3, -0.25) is 14.6 Å². The lowest BCUT2D eigenvalue weighted by atomic mass is 9.73. The van der Waals surface area contributed by atoms with Crippen molar-refractivity contribution in [1.29, 1.82) is 0 Å². The second-order valence-corrected chi connectivity index (χ2v) is 8.13. The summed E-state index contributed by atoms with van der Waals surface area (Å²) in [5.74, 6) is 6.13. The number of pyridine rings is 1. The van der Waals surface area contributed by atoms with Crippen LogP contribution in [0.25, 0.3) is 0 Å². The largest absolute Gasteiger partial charge is 0.394 e. The molecule has 160 valence electrons. The Labute approximate surface area is 182 Å². The molecule has 6 nitrogen and oxygen atoms in total. The third-order valence-electron chi connectivity index (χ3n) is 6.09. The monoisotopic (exact) mass is 417 g/mol. The average Bonchev–Trinajstić information content (AvgIpc) is 2.77. The van der Waals surface area contributed by atoms with Gasteiger partial charge >= 0.3 is 0 Å². The summed E-state index contributed by atoms with van der Waals surface area (Å²) < 4.78 is 0. The molecule has 4 rings (SSSR count). The van der Waals surface area contributed by atoms with Crippen LogP contribution in [0, 0.1) is 11.8 Å². The van der Waals surface area contributed by atoms with Gasteiger partial charge in [-0.1, -0.05) is 37.0 Å². The summed E-state index contributed by atoms with van der Waals surface area (Å²) in [5.41, 5.74) is 2.86. The minimum absolute atomic E-state index is 0.000549. The summed E-state index contributed by atoms with van der Waals surface area (Å²) in [6.45, 7) is 2.55. The maximum Gasteiger partial charge on any atom is 0.242 e. The van der Waals surface area contributed by atoms with E-state index < -0.39 is 0 Å². The fourth-order valence-electron chi connectivity index (χ4n) is 4.56. The van der Waals surface area contributed by atoms with Crippen LogP contribution in [-0.4, -0.2) is 63.5 Å². The maximum atomic E-state index is 12.8. The molecule has 6 heteroatoms. The summed E-state index contributed by atoms with van der Waals surface area (Å²) >= 11 is 0. The van der Waals surface area contributed by atoms with Gasteiger partial charge < -0.3 is 14.9 Å². The number of hydrogen-bond acceptors (Lipinski definition) is 4. The van der Waals surface area contributed by atoms with E-state index in [1.54, 1.807) is 28.3 Å². The lowest BCUT2D eigenvalue weighted by Gasteiger charge is -2.58. The molecule has 0 bridgehead atoms. The van der Waals surface area contributed by atoms with E-state index in [4.69, 9.17) is 0 Å². The molecule has 3 atom stereocenters. The molecule has 2 aliphatic heterocycles. The fourth-order valence-corrected chi connectivity index (χ4v) is 4.56. The van der Waals surface area contributed by atoms with Crippen molar-refractivity contribution < 1.29 is 14.7 Å². The molecule has 2 amide bonds. The van der Waals surface area contributed by atoms with Crippen molar-refractivity contribution in [3.05, 3.63) is 65.5 Å². The number of piperazine rings is 1. The first-order chi connectivity index (χ1) is 15.1. The minimum Gasteiger partial charge on any atom is -0.394 e. The van der Waals surface area contributed by atoms with Crippen LogP contribution in [0.2, 0.25) is 0 Å². The second kappa shape index (κ2) is 9.32. The molecule has 31 heavy (non-hydrogen) atoms. The van der Waals surface area contributed by atoms with Gasteiger partial charge in [0.25, 0.3) is 0 Å². The Morgan fingerprint density at radius 2 is 2.06 bits per heavy atom. The average molecular weight is 418 g/mol. The second-order valence-electron chi connectivity index (χ2n) is 8.13. The fraction of sp³-hybridized carbons (Fsp3) is 0.400. The summed E-state index contributed by atoms with van der Waals surface area (Å²) in [7, 11) is 0. The summed E-state index contributed by atoms with van der Waals surface area (Å²) in [6.07, 6.45) is 5.48. The highest BCUT2D eigenvalue weighted by Gasteiger charge is 2.54. The number of aromatic nitrogens is 1. The van der Waals surface area contributed by atoms with E-state index in [1.807, 2.05) is 30.3 Å². The van der Waals surface area contributed by atoms with Crippen molar-refractivity contribution in [2.75, 3.05) is 19.7 Å². The van der Waals surface area contributed by atoms with E-state index in [0.29, 0.717) is 6.54 Å². The Balaban J connectivity index is 1.49. The molecule has 2 saturated heterocycles. The van der Waals surface area contributed by atoms with E-state index in [-0.39, 0.29) is 49.4 Å². The van der Waals surface area contributed by atoms with Crippen LogP contribution >= 0.6 is 0 Å². The Kier molecular flexibility index (Phi) is 6.34. The highest BCUT2D eigenvalue weighted by Crippen LogP contribution is 2.42. The molecule has 0 unspecified atom stereocenters. The number of hydrogen-bond donors (Lipinski definition) is 1. The number of nitrogens with zero attached hydrogens (tertiary/aromatic N) is 3. The molecule has 0 aliphatic carbocycles. The van der Waals surface area contributed by atoms with Gasteiger partial charge in [0, 0.05) is 36.8 Å². The molecule has 0 spiro atoms. The highest BCUT2D eigenvalue weighted by molar-refractivity contribution is 5.88. The number of benzene rings is 1. The molecule has 1 aromatic heterocycles. The first-order valence-corrected chi connectivity index (χ1v) is 10.8. The minimum atomic E-state index is -0.245. The molecule has 1 aromatic carbocycles. The molecule has 0 saturated carbocycles. The van der Waals surface area contributed by atoms with Crippen molar-refractivity contribution in [2.45, 2.75) is 44.2 Å². The first kappa shape index (κ1) is 21.1. The van der Waals surface area contributed by atoms with Crippen LogP contribution in [-0.2, 0) is 16.0 Å². The van der Waals surface area contributed by atoms with Gasteiger partial charge in [-0.2, -0.15) is 0 Å². The van der Waals surface area contributed by atoms with Crippen molar-refractivity contribution in [2.24, 2.45) is 0 Å². The quantitative estimate of drug-likeness (QED) is 0.755. The number of amides is 2. The Morgan fingerprint density at radius 3 is 2.74 bits per heavy atom. The third-order valence-corrected chi connectivity index (χ3v) is 6.09. The first-order valence-electron chi connectivity index (χ1n) is 10.8. The zero-order chi connectivity index (χ0) is 21.8. The Hall–Kier alpha value is -3.17. The van der Waals surface area contributed by atoms with E-state index in [9.17, 15) is 14.7 Å². The molecule has 1 N–H and O–H groups in total. The van der Waals surface area contributed by atoms with E-state index in [2.05, 4.69) is 23.7 Å². The number of carbonyl (C=O) groups excluding carboxylic acids is 2. The Morgan fingerprint density at radius 1 is 1.26 bits per heavy atom. The van der Waals surface area contributed by atoms with Gasteiger partial charge in [-0.25, -0.2) is 0 Å². The van der Waals surface area contributed by atoms with Gasteiger partial charge in [-0.05, 0) is 35.7 Å². The maximum absolute atomic E-state index is 12.8. The van der Waals surface area contributed by atoms with Gasteiger partial charge in [-0.15, -0.1) is 0 Å². The summed E-state index contributed by atoms with van der Waals surface area (Å²) in [5, 5.41) is 9.94. The molecular formula is C25H27N3O3. The molecular weight excluding hydrogens is 390 g/mol. The lowest BCUT2D eigenvalue weighted by Crippen LogP contribution is -2.73. The number of rotatable bonds is 5. The van der Waals surface area contributed by atoms with Crippen LogP contribution in [0.3, 0.4) is 0 Å².